The van der Waals surface area contributed by atoms with E-state index in [1.54, 1.807) is 29.6 Å². The molecule has 0 unspecified atom stereocenters. The molecule has 1 heterocycles. The number of ether oxygens (including phenoxy) is 2. The van der Waals surface area contributed by atoms with Gasteiger partial charge in [0, 0.05) is 6.07 Å². The quantitative estimate of drug-likeness (QED) is 0.663. The fraction of sp³-hybridized carbons (Fsp3) is 0.188. The first kappa shape index (κ1) is 18.3. The number of methoxy groups -OCH3 is 2. The van der Waals surface area contributed by atoms with E-state index in [-0.39, 0.29) is 18.0 Å². The molecule has 0 fully saturated rings. The Morgan fingerprint density at radius 2 is 1.84 bits per heavy atom. The van der Waals surface area contributed by atoms with Crippen LogP contribution in [0.1, 0.15) is 20.0 Å². The van der Waals surface area contributed by atoms with Gasteiger partial charge in [0.05, 0.1) is 31.2 Å². The standard InChI is InChI=1S/C16H17N3O5S/c1-23-10-5-6-11(12(8-10)24-2)15(21)19-18-14(20)9-17-16(22)13-4-3-7-25-13/h3-8H,9H2,1-2H3,(H,17,22)(H,18,20)(H,19,21). The van der Waals surface area contributed by atoms with E-state index >= 15 is 0 Å². The molecule has 0 saturated carbocycles. The molecular formula is C16H17N3O5S. The Morgan fingerprint density at radius 1 is 1.04 bits per heavy atom. The molecular weight excluding hydrogens is 346 g/mol. The molecule has 0 bridgehead atoms. The molecule has 0 aliphatic heterocycles. The van der Waals surface area contributed by atoms with E-state index in [1.165, 1.54) is 31.6 Å². The maximum absolute atomic E-state index is 12.1. The zero-order valence-corrected chi connectivity index (χ0v) is 14.4. The summed E-state index contributed by atoms with van der Waals surface area (Å²) in [6.45, 7) is -0.267. The second-order valence-electron chi connectivity index (χ2n) is 4.73. The van der Waals surface area contributed by atoms with Crippen molar-refractivity contribution in [3.05, 3.63) is 46.2 Å². The Labute approximate surface area is 148 Å². The topological polar surface area (TPSA) is 106 Å². The molecule has 25 heavy (non-hydrogen) atoms. The smallest absolute Gasteiger partial charge is 0.273 e. The van der Waals surface area contributed by atoms with E-state index in [2.05, 4.69) is 16.2 Å². The highest BCUT2D eigenvalue weighted by atomic mass is 32.1. The molecule has 0 aliphatic carbocycles. The number of hydrogen-bond donors (Lipinski definition) is 3. The van der Waals surface area contributed by atoms with Crippen LogP contribution in [0.5, 0.6) is 11.5 Å². The summed E-state index contributed by atoms with van der Waals surface area (Å²) < 4.78 is 10.2. The SMILES string of the molecule is COc1ccc(C(=O)NNC(=O)CNC(=O)c2cccs2)c(OC)c1. The van der Waals surface area contributed by atoms with Crippen LogP contribution in [0.2, 0.25) is 0 Å². The molecule has 3 amide bonds. The highest BCUT2D eigenvalue weighted by molar-refractivity contribution is 7.12. The molecule has 2 aromatic rings. The van der Waals surface area contributed by atoms with Gasteiger partial charge in [0.15, 0.2) is 0 Å². The van der Waals surface area contributed by atoms with Crippen molar-refractivity contribution in [1.82, 2.24) is 16.2 Å². The van der Waals surface area contributed by atoms with E-state index < -0.39 is 11.8 Å². The van der Waals surface area contributed by atoms with Crippen molar-refractivity contribution >= 4 is 29.1 Å². The molecule has 0 aliphatic rings. The van der Waals surface area contributed by atoms with Gasteiger partial charge in [0.2, 0.25) is 0 Å². The number of carbonyl (C=O) groups excluding carboxylic acids is 3. The summed E-state index contributed by atoms with van der Waals surface area (Å²) >= 11 is 1.27. The summed E-state index contributed by atoms with van der Waals surface area (Å²) in [5.74, 6) is -0.637. The third-order valence-corrected chi connectivity index (χ3v) is 3.99. The maximum atomic E-state index is 12.1. The molecule has 0 spiro atoms. The van der Waals surface area contributed by atoms with Crippen molar-refractivity contribution in [1.29, 1.82) is 0 Å². The van der Waals surface area contributed by atoms with Crippen molar-refractivity contribution in [2.45, 2.75) is 0 Å². The fourth-order valence-electron chi connectivity index (χ4n) is 1.88. The van der Waals surface area contributed by atoms with E-state index in [4.69, 9.17) is 9.47 Å². The minimum atomic E-state index is -0.564. The van der Waals surface area contributed by atoms with Crippen LogP contribution >= 0.6 is 11.3 Å². The van der Waals surface area contributed by atoms with Gasteiger partial charge in [-0.15, -0.1) is 11.3 Å². The normalized spacial score (nSPS) is 9.84. The van der Waals surface area contributed by atoms with Crippen LogP contribution in [0.25, 0.3) is 0 Å². The Morgan fingerprint density at radius 3 is 2.48 bits per heavy atom. The van der Waals surface area contributed by atoms with Crippen LogP contribution in [0.3, 0.4) is 0 Å². The number of nitrogens with one attached hydrogen (secondary N) is 3. The second kappa shape index (κ2) is 8.69. The van der Waals surface area contributed by atoms with Crippen molar-refractivity contribution in [2.75, 3.05) is 20.8 Å². The molecule has 1 aromatic heterocycles. The van der Waals surface area contributed by atoms with Crippen LogP contribution in [0.4, 0.5) is 0 Å². The van der Waals surface area contributed by atoms with E-state index in [0.717, 1.165) is 0 Å². The van der Waals surface area contributed by atoms with Crippen LogP contribution in [0.15, 0.2) is 35.7 Å². The summed E-state index contributed by atoms with van der Waals surface area (Å²) in [6.07, 6.45) is 0. The molecule has 8 nitrogen and oxygen atoms in total. The van der Waals surface area contributed by atoms with Gasteiger partial charge in [-0.1, -0.05) is 6.07 Å². The summed E-state index contributed by atoms with van der Waals surface area (Å²) in [4.78, 5) is 36.1. The van der Waals surface area contributed by atoms with Crippen LogP contribution in [-0.2, 0) is 4.79 Å². The highest BCUT2D eigenvalue weighted by Crippen LogP contribution is 2.24. The molecule has 132 valence electrons. The number of rotatable bonds is 6. The fourth-order valence-corrected chi connectivity index (χ4v) is 2.52. The summed E-state index contributed by atoms with van der Waals surface area (Å²) in [5, 5.41) is 4.21. The van der Waals surface area contributed by atoms with E-state index in [1.807, 2.05) is 0 Å². The number of amides is 3. The third-order valence-electron chi connectivity index (χ3n) is 3.12. The lowest BCUT2D eigenvalue weighted by Gasteiger charge is -2.11. The average Bonchev–Trinajstić information content (AvgIpc) is 3.18. The van der Waals surface area contributed by atoms with Gasteiger partial charge in [-0.2, -0.15) is 0 Å². The Kier molecular flexibility index (Phi) is 6.35. The lowest BCUT2D eigenvalue weighted by atomic mass is 10.2. The lowest BCUT2D eigenvalue weighted by Crippen LogP contribution is -2.46. The zero-order chi connectivity index (χ0) is 18.2. The predicted molar refractivity (Wildman–Crippen MR) is 91.8 cm³/mol. The first-order valence-corrected chi connectivity index (χ1v) is 8.06. The summed E-state index contributed by atoms with van der Waals surface area (Å²) in [5.41, 5.74) is 4.71. The van der Waals surface area contributed by atoms with Crippen molar-refractivity contribution in [3.8, 4) is 11.5 Å². The number of carbonyl (C=O) groups is 3. The zero-order valence-electron chi connectivity index (χ0n) is 13.6. The highest BCUT2D eigenvalue weighted by Gasteiger charge is 2.14. The number of benzene rings is 1. The van der Waals surface area contributed by atoms with Crippen LogP contribution < -0.4 is 25.6 Å². The van der Waals surface area contributed by atoms with Gasteiger partial charge in [0.1, 0.15) is 11.5 Å². The molecule has 1 aromatic carbocycles. The Bertz CT molecular complexity index is 761. The van der Waals surface area contributed by atoms with Gasteiger partial charge in [0.25, 0.3) is 17.7 Å². The van der Waals surface area contributed by atoms with Gasteiger partial charge < -0.3 is 14.8 Å². The number of hydrogen-bond acceptors (Lipinski definition) is 6. The van der Waals surface area contributed by atoms with Crippen molar-refractivity contribution in [3.63, 3.8) is 0 Å². The summed E-state index contributed by atoms with van der Waals surface area (Å²) in [7, 11) is 2.92. The van der Waals surface area contributed by atoms with Gasteiger partial charge >= 0.3 is 0 Å². The number of hydrazine groups is 1. The minimum absolute atomic E-state index is 0.228. The molecule has 0 radical (unpaired) electrons. The largest absolute Gasteiger partial charge is 0.497 e. The monoisotopic (exact) mass is 363 g/mol. The Balaban J connectivity index is 1.85. The van der Waals surface area contributed by atoms with Crippen LogP contribution in [-0.4, -0.2) is 38.5 Å². The average molecular weight is 363 g/mol. The van der Waals surface area contributed by atoms with Crippen LogP contribution in [0, 0.1) is 0 Å². The van der Waals surface area contributed by atoms with Gasteiger partial charge in [-0.3, -0.25) is 25.2 Å². The molecule has 2 rings (SSSR count). The predicted octanol–water partition coefficient (Wildman–Crippen LogP) is 0.956. The molecule has 9 heteroatoms. The minimum Gasteiger partial charge on any atom is -0.497 e. The first-order valence-electron chi connectivity index (χ1n) is 7.18. The van der Waals surface area contributed by atoms with Gasteiger partial charge in [-0.05, 0) is 23.6 Å². The molecule has 0 saturated heterocycles. The maximum Gasteiger partial charge on any atom is 0.273 e. The number of thiophene rings is 1. The molecule has 3 N–H and O–H groups in total. The van der Waals surface area contributed by atoms with Crippen molar-refractivity contribution < 1.29 is 23.9 Å². The van der Waals surface area contributed by atoms with Gasteiger partial charge in [-0.25, -0.2) is 0 Å². The second-order valence-corrected chi connectivity index (χ2v) is 5.68. The third kappa shape index (κ3) is 4.95. The Hall–Kier alpha value is -3.07. The van der Waals surface area contributed by atoms with Crippen molar-refractivity contribution in [2.24, 2.45) is 0 Å². The lowest BCUT2D eigenvalue weighted by molar-refractivity contribution is -0.120. The van der Waals surface area contributed by atoms with E-state index in [0.29, 0.717) is 16.4 Å². The van der Waals surface area contributed by atoms with E-state index in [9.17, 15) is 14.4 Å². The first-order chi connectivity index (χ1) is 12.0. The molecule has 0 atom stereocenters. The summed E-state index contributed by atoms with van der Waals surface area (Å²) in [6, 6.07) is 8.05.